The lowest BCUT2D eigenvalue weighted by atomic mass is 10.1. The summed E-state index contributed by atoms with van der Waals surface area (Å²) in [6.07, 6.45) is 3.34. The second-order valence-corrected chi connectivity index (χ2v) is 8.93. The molecule has 1 aliphatic heterocycles. The summed E-state index contributed by atoms with van der Waals surface area (Å²) >= 11 is 0. The first kappa shape index (κ1) is 19.4. The molecule has 1 unspecified atom stereocenters. The summed E-state index contributed by atoms with van der Waals surface area (Å²) in [4.78, 5) is 23.7. The normalized spacial score (nSPS) is 21.4. The van der Waals surface area contributed by atoms with Gasteiger partial charge in [0.15, 0.2) is 5.75 Å². The number of nitrogens with two attached hydrogens (primary N) is 1. The summed E-state index contributed by atoms with van der Waals surface area (Å²) in [5.41, 5.74) is 9.66. The van der Waals surface area contributed by atoms with E-state index in [0.717, 1.165) is 40.4 Å². The zero-order valence-electron chi connectivity index (χ0n) is 18.3. The predicted octanol–water partition coefficient (Wildman–Crippen LogP) is 3.42. The van der Waals surface area contributed by atoms with E-state index >= 15 is 0 Å². The zero-order valence-corrected chi connectivity index (χ0v) is 18.3. The van der Waals surface area contributed by atoms with Crippen molar-refractivity contribution < 1.29 is 9.13 Å². The number of rotatable bonds is 4. The Labute approximate surface area is 193 Å². The summed E-state index contributed by atoms with van der Waals surface area (Å²) in [5.74, 6) is 1.79. The van der Waals surface area contributed by atoms with Gasteiger partial charge in [0.25, 0.3) is 0 Å². The number of ether oxygens (including phenoxy) is 1. The fourth-order valence-electron chi connectivity index (χ4n) is 5.14. The highest BCUT2D eigenvalue weighted by Gasteiger charge is 2.54. The number of aromatic amines is 1. The molecule has 4 N–H and O–H groups in total. The third-order valence-electron chi connectivity index (χ3n) is 6.95. The van der Waals surface area contributed by atoms with Gasteiger partial charge in [-0.1, -0.05) is 0 Å². The van der Waals surface area contributed by atoms with Crippen LogP contribution in [0.5, 0.6) is 11.8 Å². The fraction of sp³-hybridized carbons (Fsp3) is 0.250. The SMILES string of the molecule is CNc1cc(F)cc2c1[nH]c1nc(Oc3cnc4cccnc4c3)nc(N3C[C@@H]4C(N)[C@@H]4C3)c12. The minimum atomic E-state index is -0.329. The maximum Gasteiger partial charge on any atom is 0.326 e. The Balaban J connectivity index is 1.39. The molecule has 2 fully saturated rings. The summed E-state index contributed by atoms with van der Waals surface area (Å²) in [6, 6.07) is 8.94. The molecule has 1 saturated carbocycles. The van der Waals surface area contributed by atoms with E-state index in [0.29, 0.717) is 34.7 Å². The molecule has 170 valence electrons. The highest BCUT2D eigenvalue weighted by atomic mass is 19.1. The maximum atomic E-state index is 14.5. The van der Waals surface area contributed by atoms with Crippen molar-refractivity contribution in [1.82, 2.24) is 24.9 Å². The number of nitrogens with zero attached hydrogens (tertiary/aromatic N) is 5. The van der Waals surface area contributed by atoms with Crippen molar-refractivity contribution >= 4 is 44.5 Å². The monoisotopic (exact) mass is 456 g/mol. The van der Waals surface area contributed by atoms with E-state index in [-0.39, 0.29) is 17.9 Å². The quantitative estimate of drug-likeness (QED) is 0.377. The molecule has 1 aliphatic carbocycles. The molecule has 0 amide bonds. The van der Waals surface area contributed by atoms with E-state index < -0.39 is 0 Å². The lowest BCUT2D eigenvalue weighted by molar-refractivity contribution is 0.442. The standard InChI is InChI=1S/C24H21FN8O/c1-27-18-6-11(25)5-13-19-22(30-21(13)18)31-24(32-23(19)33-9-14-15(10-33)20(14)26)34-12-7-17-16(29-8-12)3-2-4-28-17/h2-8,14-15,20,27H,9-10,26H2,1H3,(H,30,31,32)/t14-,15+,20?. The highest BCUT2D eigenvalue weighted by Crippen LogP contribution is 2.47. The first-order chi connectivity index (χ1) is 16.6. The molecule has 1 aromatic carbocycles. The number of benzene rings is 1. The summed E-state index contributed by atoms with van der Waals surface area (Å²) in [5, 5.41) is 4.55. The van der Waals surface area contributed by atoms with Crippen molar-refractivity contribution in [3.8, 4) is 11.8 Å². The Bertz CT molecular complexity index is 1590. The first-order valence-corrected chi connectivity index (χ1v) is 11.2. The van der Waals surface area contributed by atoms with Crippen molar-refractivity contribution in [2.45, 2.75) is 6.04 Å². The van der Waals surface area contributed by atoms with Gasteiger partial charge in [-0.25, -0.2) is 4.39 Å². The summed E-state index contributed by atoms with van der Waals surface area (Å²) in [6.45, 7) is 1.61. The van der Waals surface area contributed by atoms with Gasteiger partial charge in [0.2, 0.25) is 0 Å². The molecule has 0 bridgehead atoms. The number of hydrogen-bond acceptors (Lipinski definition) is 8. The van der Waals surface area contributed by atoms with Gasteiger partial charge in [-0.15, -0.1) is 0 Å². The van der Waals surface area contributed by atoms with Crippen LogP contribution in [0.25, 0.3) is 33.0 Å². The van der Waals surface area contributed by atoms with Gasteiger partial charge in [-0.2, -0.15) is 9.97 Å². The van der Waals surface area contributed by atoms with Crippen LogP contribution in [0.3, 0.4) is 0 Å². The molecule has 1 saturated heterocycles. The molecule has 7 rings (SSSR count). The van der Waals surface area contributed by atoms with Gasteiger partial charge in [0.05, 0.1) is 33.8 Å². The molecular weight excluding hydrogens is 435 g/mol. The number of nitrogens with one attached hydrogen (secondary N) is 2. The van der Waals surface area contributed by atoms with Crippen LogP contribution in [0.2, 0.25) is 0 Å². The van der Waals surface area contributed by atoms with Crippen LogP contribution in [-0.2, 0) is 0 Å². The van der Waals surface area contributed by atoms with Gasteiger partial charge in [0, 0.05) is 43.8 Å². The molecule has 3 atom stereocenters. The van der Waals surface area contributed by atoms with E-state index in [9.17, 15) is 4.39 Å². The number of pyridine rings is 2. The molecule has 5 heterocycles. The Kier molecular flexibility index (Phi) is 3.98. The number of hydrogen-bond donors (Lipinski definition) is 3. The smallest absolute Gasteiger partial charge is 0.326 e. The van der Waals surface area contributed by atoms with Crippen LogP contribution < -0.4 is 20.7 Å². The van der Waals surface area contributed by atoms with Gasteiger partial charge in [-0.05, 0) is 36.1 Å². The third kappa shape index (κ3) is 2.88. The van der Waals surface area contributed by atoms with Crippen LogP contribution in [0.1, 0.15) is 0 Å². The van der Waals surface area contributed by atoms with E-state index in [1.54, 1.807) is 25.5 Å². The molecule has 9 nitrogen and oxygen atoms in total. The van der Waals surface area contributed by atoms with E-state index in [1.165, 1.54) is 12.1 Å². The lowest BCUT2D eigenvalue weighted by Gasteiger charge is -2.21. The largest absolute Gasteiger partial charge is 0.422 e. The van der Waals surface area contributed by atoms with E-state index in [4.69, 9.17) is 15.5 Å². The summed E-state index contributed by atoms with van der Waals surface area (Å²) in [7, 11) is 1.76. The molecule has 0 spiro atoms. The minimum Gasteiger partial charge on any atom is -0.422 e. The second-order valence-electron chi connectivity index (χ2n) is 8.93. The summed E-state index contributed by atoms with van der Waals surface area (Å²) < 4.78 is 20.5. The van der Waals surface area contributed by atoms with Crippen molar-refractivity contribution in [3.63, 3.8) is 0 Å². The van der Waals surface area contributed by atoms with Gasteiger partial charge in [-0.3, -0.25) is 9.97 Å². The van der Waals surface area contributed by atoms with Gasteiger partial charge < -0.3 is 25.7 Å². The predicted molar refractivity (Wildman–Crippen MR) is 128 cm³/mol. The third-order valence-corrected chi connectivity index (χ3v) is 6.95. The van der Waals surface area contributed by atoms with Crippen LogP contribution in [-0.4, -0.2) is 51.1 Å². The van der Waals surface area contributed by atoms with Crippen molar-refractivity contribution in [2.75, 3.05) is 30.4 Å². The van der Waals surface area contributed by atoms with Crippen LogP contribution in [0.4, 0.5) is 15.9 Å². The Morgan fingerprint density at radius 2 is 2.00 bits per heavy atom. The van der Waals surface area contributed by atoms with Crippen LogP contribution in [0.15, 0.2) is 42.7 Å². The average Bonchev–Trinajstić information content (AvgIpc) is 3.19. The Morgan fingerprint density at radius 3 is 2.82 bits per heavy atom. The molecule has 34 heavy (non-hydrogen) atoms. The topological polar surface area (TPSA) is 118 Å². The Hall–Kier alpha value is -4.05. The number of fused-ring (bicyclic) bond motifs is 5. The lowest BCUT2D eigenvalue weighted by Crippen LogP contribution is -2.29. The number of anilines is 2. The number of halogens is 1. The fourth-order valence-corrected chi connectivity index (χ4v) is 5.14. The number of H-pyrrole nitrogens is 1. The first-order valence-electron chi connectivity index (χ1n) is 11.2. The molecule has 10 heteroatoms. The van der Waals surface area contributed by atoms with Crippen LogP contribution >= 0.6 is 0 Å². The Morgan fingerprint density at radius 1 is 1.15 bits per heavy atom. The minimum absolute atomic E-state index is 0.183. The number of piperidine rings is 1. The van der Waals surface area contributed by atoms with E-state index in [2.05, 4.69) is 30.2 Å². The number of aromatic nitrogens is 5. The van der Waals surface area contributed by atoms with Gasteiger partial charge in [0.1, 0.15) is 17.3 Å². The molecule has 4 aromatic heterocycles. The van der Waals surface area contributed by atoms with Crippen molar-refractivity contribution in [1.29, 1.82) is 0 Å². The van der Waals surface area contributed by atoms with Gasteiger partial charge >= 0.3 is 6.01 Å². The molecular formula is C24H21FN8O. The molecule has 2 aliphatic rings. The zero-order chi connectivity index (χ0) is 23.0. The second kappa shape index (κ2) is 6.97. The van der Waals surface area contributed by atoms with Crippen LogP contribution in [0, 0.1) is 17.7 Å². The molecule has 5 aromatic rings. The highest BCUT2D eigenvalue weighted by molar-refractivity contribution is 6.14. The van der Waals surface area contributed by atoms with E-state index in [1.807, 2.05) is 12.1 Å². The van der Waals surface area contributed by atoms with Crippen molar-refractivity contribution in [3.05, 3.63) is 48.5 Å². The average molecular weight is 456 g/mol. The molecule has 0 radical (unpaired) electrons. The van der Waals surface area contributed by atoms with Crippen molar-refractivity contribution in [2.24, 2.45) is 17.6 Å². The maximum absolute atomic E-state index is 14.5.